The summed E-state index contributed by atoms with van der Waals surface area (Å²) in [5.41, 5.74) is -1.73. The maximum atomic E-state index is 11.6. The summed E-state index contributed by atoms with van der Waals surface area (Å²) < 4.78 is 0. The van der Waals surface area contributed by atoms with Crippen molar-refractivity contribution in [2.45, 2.75) is 129 Å². The molecule has 0 unspecified atom stereocenters. The minimum Gasteiger partial charge on any atom is -0.393 e. The highest BCUT2D eigenvalue weighted by Crippen LogP contribution is 2.69. The predicted molar refractivity (Wildman–Crippen MR) is 128 cm³/mol. The standard InChI is InChI=1S/C28H50O4/c1-17(7-8-18(2)25(3,4)31)21-9-10-22-20-15-24(30)28(32)16-19(29)11-14-27(28,6)23(20)12-13-26(21,22)5/h17-24,29-32H,7-16H2,1-6H3/t17-,18-,19+,20+,21+,22+,23+,24-,26-,27-,28+/m1/s1. The Morgan fingerprint density at radius 3 is 2.28 bits per heavy atom. The number of fused-ring (bicyclic) bond motifs is 5. The van der Waals surface area contributed by atoms with Gasteiger partial charge in [0, 0.05) is 11.8 Å². The molecule has 0 saturated heterocycles. The molecule has 4 aliphatic carbocycles. The van der Waals surface area contributed by atoms with Gasteiger partial charge in [0.15, 0.2) is 0 Å². The summed E-state index contributed by atoms with van der Waals surface area (Å²) in [4.78, 5) is 0. The van der Waals surface area contributed by atoms with Gasteiger partial charge in [-0.2, -0.15) is 0 Å². The molecule has 4 aliphatic rings. The zero-order valence-electron chi connectivity index (χ0n) is 21.5. The van der Waals surface area contributed by atoms with Crippen molar-refractivity contribution in [3.63, 3.8) is 0 Å². The van der Waals surface area contributed by atoms with Gasteiger partial charge in [-0.15, -0.1) is 0 Å². The normalized spacial score (nSPS) is 50.8. The summed E-state index contributed by atoms with van der Waals surface area (Å²) in [5, 5.41) is 43.5. The summed E-state index contributed by atoms with van der Waals surface area (Å²) in [6.07, 6.45) is 8.50. The average Bonchev–Trinajstić information content (AvgIpc) is 3.05. The van der Waals surface area contributed by atoms with E-state index in [0.717, 1.165) is 25.7 Å². The Balaban J connectivity index is 1.51. The number of aliphatic hydroxyl groups excluding tert-OH is 2. The largest absolute Gasteiger partial charge is 0.393 e. The molecule has 0 heterocycles. The Labute approximate surface area is 196 Å². The highest BCUT2D eigenvalue weighted by atomic mass is 16.3. The summed E-state index contributed by atoms with van der Waals surface area (Å²) in [7, 11) is 0. The molecule has 4 N–H and O–H groups in total. The van der Waals surface area contributed by atoms with Crippen LogP contribution in [0.5, 0.6) is 0 Å². The van der Waals surface area contributed by atoms with Crippen molar-refractivity contribution >= 4 is 0 Å². The van der Waals surface area contributed by atoms with Crippen LogP contribution in [0.1, 0.15) is 106 Å². The van der Waals surface area contributed by atoms with Crippen LogP contribution in [0.2, 0.25) is 0 Å². The monoisotopic (exact) mass is 450 g/mol. The molecule has 32 heavy (non-hydrogen) atoms. The highest BCUT2D eigenvalue weighted by molar-refractivity contribution is 5.17. The first-order valence-electron chi connectivity index (χ1n) is 13.5. The lowest BCUT2D eigenvalue weighted by Gasteiger charge is -2.65. The summed E-state index contributed by atoms with van der Waals surface area (Å²) in [6, 6.07) is 0. The molecule has 0 spiro atoms. The lowest BCUT2D eigenvalue weighted by molar-refractivity contribution is -0.264. The van der Waals surface area contributed by atoms with Crippen LogP contribution in [0, 0.1) is 46.3 Å². The van der Waals surface area contributed by atoms with Crippen molar-refractivity contribution in [1.82, 2.24) is 0 Å². The van der Waals surface area contributed by atoms with Crippen molar-refractivity contribution in [3.05, 3.63) is 0 Å². The van der Waals surface area contributed by atoms with Gasteiger partial charge in [0.05, 0.1) is 23.4 Å². The Bertz CT molecular complexity index is 687. The van der Waals surface area contributed by atoms with Crippen LogP contribution in [0.4, 0.5) is 0 Å². The van der Waals surface area contributed by atoms with E-state index in [1.54, 1.807) is 0 Å². The van der Waals surface area contributed by atoms with Crippen LogP contribution < -0.4 is 0 Å². The van der Waals surface area contributed by atoms with E-state index in [0.29, 0.717) is 53.8 Å². The molecule has 0 amide bonds. The van der Waals surface area contributed by atoms with Crippen molar-refractivity contribution in [1.29, 1.82) is 0 Å². The summed E-state index contributed by atoms with van der Waals surface area (Å²) >= 11 is 0. The van der Waals surface area contributed by atoms with E-state index in [-0.39, 0.29) is 5.41 Å². The molecule has 186 valence electrons. The molecule has 4 rings (SSSR count). The van der Waals surface area contributed by atoms with Crippen molar-refractivity contribution in [2.24, 2.45) is 46.3 Å². The number of aliphatic hydroxyl groups is 4. The molecule has 0 aromatic heterocycles. The van der Waals surface area contributed by atoms with E-state index < -0.39 is 23.4 Å². The Morgan fingerprint density at radius 1 is 0.938 bits per heavy atom. The quantitative estimate of drug-likeness (QED) is 0.479. The maximum Gasteiger partial charge on any atom is 0.0985 e. The Hall–Kier alpha value is -0.160. The maximum absolute atomic E-state index is 11.6. The lowest BCUT2D eigenvalue weighted by Crippen LogP contribution is -2.68. The van der Waals surface area contributed by atoms with Crippen molar-refractivity contribution < 1.29 is 20.4 Å². The molecule has 11 atom stereocenters. The fourth-order valence-electron chi connectivity index (χ4n) is 9.30. The molecule has 0 radical (unpaired) electrons. The molecule has 4 fully saturated rings. The van der Waals surface area contributed by atoms with E-state index >= 15 is 0 Å². The Morgan fingerprint density at radius 2 is 1.62 bits per heavy atom. The third kappa shape index (κ3) is 3.71. The van der Waals surface area contributed by atoms with Crippen molar-refractivity contribution in [2.75, 3.05) is 0 Å². The van der Waals surface area contributed by atoms with Gasteiger partial charge in [-0.05, 0) is 106 Å². The van der Waals surface area contributed by atoms with Crippen LogP contribution in [-0.2, 0) is 0 Å². The van der Waals surface area contributed by atoms with E-state index in [9.17, 15) is 20.4 Å². The molecule has 0 bridgehead atoms. The van der Waals surface area contributed by atoms with Gasteiger partial charge < -0.3 is 20.4 Å². The number of hydrogen-bond donors (Lipinski definition) is 4. The molecular weight excluding hydrogens is 400 g/mol. The first-order valence-corrected chi connectivity index (χ1v) is 13.5. The van der Waals surface area contributed by atoms with Gasteiger partial charge in [0.1, 0.15) is 0 Å². The summed E-state index contributed by atoms with van der Waals surface area (Å²) in [6.45, 7) is 13.2. The number of rotatable bonds is 5. The van der Waals surface area contributed by atoms with Crippen LogP contribution in [0.15, 0.2) is 0 Å². The molecule has 4 nitrogen and oxygen atoms in total. The molecule has 4 saturated carbocycles. The zero-order valence-corrected chi connectivity index (χ0v) is 21.5. The first kappa shape index (κ1) is 24.9. The van der Waals surface area contributed by atoms with Crippen molar-refractivity contribution in [3.8, 4) is 0 Å². The van der Waals surface area contributed by atoms with Gasteiger partial charge in [-0.3, -0.25) is 0 Å². The minimum absolute atomic E-state index is 0.290. The van der Waals surface area contributed by atoms with Gasteiger partial charge in [-0.25, -0.2) is 0 Å². The molecule has 4 heteroatoms. The van der Waals surface area contributed by atoms with E-state index in [1.807, 2.05) is 13.8 Å². The van der Waals surface area contributed by atoms with Gasteiger partial charge in [-0.1, -0.05) is 34.1 Å². The van der Waals surface area contributed by atoms with Crippen LogP contribution in [-0.4, -0.2) is 43.8 Å². The second-order valence-electron chi connectivity index (χ2n) is 13.7. The van der Waals surface area contributed by atoms with Gasteiger partial charge in [0.25, 0.3) is 0 Å². The smallest absolute Gasteiger partial charge is 0.0985 e. The average molecular weight is 451 g/mol. The molecule has 0 aromatic rings. The van der Waals surface area contributed by atoms with E-state index in [1.165, 1.54) is 25.7 Å². The van der Waals surface area contributed by atoms with E-state index in [4.69, 9.17) is 0 Å². The molecular formula is C28H50O4. The summed E-state index contributed by atoms with van der Waals surface area (Å²) in [5.74, 6) is 3.22. The van der Waals surface area contributed by atoms with Crippen LogP contribution >= 0.6 is 0 Å². The highest BCUT2D eigenvalue weighted by Gasteiger charge is 2.67. The third-order valence-corrected chi connectivity index (χ3v) is 11.9. The fourth-order valence-corrected chi connectivity index (χ4v) is 9.30. The number of hydrogen-bond acceptors (Lipinski definition) is 4. The van der Waals surface area contributed by atoms with Gasteiger partial charge in [0.2, 0.25) is 0 Å². The minimum atomic E-state index is -1.14. The van der Waals surface area contributed by atoms with Crippen LogP contribution in [0.3, 0.4) is 0 Å². The fraction of sp³-hybridized carbons (Fsp3) is 1.00. The first-order chi connectivity index (χ1) is 14.7. The predicted octanol–water partition coefficient (Wildman–Crippen LogP) is 4.92. The lowest BCUT2D eigenvalue weighted by atomic mass is 9.42. The molecule has 0 aliphatic heterocycles. The van der Waals surface area contributed by atoms with Crippen LogP contribution in [0.25, 0.3) is 0 Å². The Kier molecular flexibility index (Phi) is 6.40. The van der Waals surface area contributed by atoms with E-state index in [2.05, 4.69) is 27.7 Å². The molecule has 0 aromatic carbocycles. The second-order valence-corrected chi connectivity index (χ2v) is 13.7. The SMILES string of the molecule is C[C@H](CC[C@@H](C)C(C)(C)O)[C@@H]1CC[C@H]2[C@@H]3C[C@@H](O)[C@@]4(O)C[C@@H](O)CC[C@]4(C)[C@H]3CC[C@@]21C. The second kappa shape index (κ2) is 8.21. The topological polar surface area (TPSA) is 80.9 Å². The van der Waals surface area contributed by atoms with Gasteiger partial charge >= 0.3 is 0 Å². The third-order valence-electron chi connectivity index (χ3n) is 11.9. The zero-order chi connectivity index (χ0) is 23.7.